The van der Waals surface area contributed by atoms with Crippen molar-refractivity contribution in [1.29, 1.82) is 0 Å². The van der Waals surface area contributed by atoms with Crippen molar-refractivity contribution in [2.75, 3.05) is 13.2 Å². The van der Waals surface area contributed by atoms with Gasteiger partial charge in [-0.3, -0.25) is 9.59 Å². The summed E-state index contributed by atoms with van der Waals surface area (Å²) in [4.78, 5) is 36.1. The molecule has 0 spiro atoms. The zero-order valence-electron chi connectivity index (χ0n) is 19.7. The molecule has 2 atom stereocenters. The number of ether oxygens (including phenoxy) is 1. The number of nitrogens with one attached hydrogen (secondary N) is 2. The van der Waals surface area contributed by atoms with Crippen molar-refractivity contribution < 1.29 is 24.2 Å². The number of hydrogen-bond acceptors (Lipinski definition) is 4. The monoisotopic (exact) mass is 476 g/mol. The molecule has 7 nitrogen and oxygen atoms in total. The Bertz CT molecular complexity index is 1060. The summed E-state index contributed by atoms with van der Waals surface area (Å²) < 4.78 is 5.63. The van der Waals surface area contributed by atoms with Crippen LogP contribution >= 0.6 is 0 Å². The van der Waals surface area contributed by atoms with Crippen LogP contribution in [0.2, 0.25) is 0 Å². The number of alkyl carbamates (subject to hydrolysis) is 1. The maximum Gasteiger partial charge on any atom is 0.407 e. The molecule has 0 heterocycles. The number of aliphatic carboxylic acids is 1. The van der Waals surface area contributed by atoms with E-state index in [0.29, 0.717) is 6.54 Å². The van der Waals surface area contributed by atoms with Crippen LogP contribution in [0.4, 0.5) is 4.79 Å². The normalized spacial score (nSPS) is 24.7. The van der Waals surface area contributed by atoms with Crippen molar-refractivity contribution in [3.63, 3.8) is 0 Å². The smallest absolute Gasteiger partial charge is 0.407 e. The molecule has 0 radical (unpaired) electrons. The summed E-state index contributed by atoms with van der Waals surface area (Å²) in [7, 11) is 0. The van der Waals surface area contributed by atoms with Crippen LogP contribution < -0.4 is 10.6 Å². The average Bonchev–Trinajstić information content (AvgIpc) is 3.42. The number of carbonyl (C=O) groups excluding carboxylic acids is 2. The second kappa shape index (κ2) is 10.1. The number of hydrogen-bond donors (Lipinski definition) is 3. The van der Waals surface area contributed by atoms with E-state index in [0.717, 1.165) is 32.1 Å². The molecule has 35 heavy (non-hydrogen) atoms. The quantitative estimate of drug-likeness (QED) is 0.527. The van der Waals surface area contributed by atoms with Crippen LogP contribution in [-0.2, 0) is 14.3 Å². The van der Waals surface area contributed by atoms with E-state index in [1.807, 2.05) is 24.3 Å². The highest BCUT2D eigenvalue weighted by atomic mass is 16.5. The highest BCUT2D eigenvalue weighted by molar-refractivity contribution is 5.80. The first-order chi connectivity index (χ1) is 17.0. The largest absolute Gasteiger partial charge is 0.481 e. The summed E-state index contributed by atoms with van der Waals surface area (Å²) >= 11 is 0. The number of rotatable bonds is 8. The van der Waals surface area contributed by atoms with Crippen LogP contribution in [0.15, 0.2) is 48.5 Å². The van der Waals surface area contributed by atoms with Gasteiger partial charge in [-0.2, -0.15) is 0 Å². The Kier molecular flexibility index (Phi) is 6.75. The fourth-order valence-corrected chi connectivity index (χ4v) is 6.07. The van der Waals surface area contributed by atoms with E-state index >= 15 is 0 Å². The van der Waals surface area contributed by atoms with Gasteiger partial charge in [-0.15, -0.1) is 0 Å². The van der Waals surface area contributed by atoms with Crippen LogP contribution in [0.3, 0.4) is 0 Å². The summed E-state index contributed by atoms with van der Waals surface area (Å²) in [6, 6.07) is 16.5. The first kappa shape index (κ1) is 23.4. The van der Waals surface area contributed by atoms with E-state index in [9.17, 15) is 14.4 Å². The van der Waals surface area contributed by atoms with Gasteiger partial charge in [0.15, 0.2) is 0 Å². The highest BCUT2D eigenvalue weighted by Crippen LogP contribution is 2.44. The Hall–Kier alpha value is -3.35. The van der Waals surface area contributed by atoms with Crippen molar-refractivity contribution in [3.05, 3.63) is 59.7 Å². The Balaban J connectivity index is 1.09. The third kappa shape index (κ3) is 5.04. The molecule has 0 saturated heterocycles. The van der Waals surface area contributed by atoms with E-state index in [1.54, 1.807) is 0 Å². The number of fused-ring (bicyclic) bond motifs is 3. The molecule has 0 bridgehead atoms. The minimum absolute atomic E-state index is 0.0191. The van der Waals surface area contributed by atoms with Gasteiger partial charge >= 0.3 is 12.1 Å². The lowest BCUT2D eigenvalue weighted by Gasteiger charge is -2.36. The van der Waals surface area contributed by atoms with Crippen LogP contribution in [-0.4, -0.2) is 42.3 Å². The molecule has 184 valence electrons. The molecule has 2 fully saturated rings. The van der Waals surface area contributed by atoms with Gasteiger partial charge in [0.25, 0.3) is 0 Å². The lowest BCUT2D eigenvalue weighted by Crippen LogP contribution is -2.48. The van der Waals surface area contributed by atoms with E-state index in [2.05, 4.69) is 34.9 Å². The van der Waals surface area contributed by atoms with Gasteiger partial charge in [0.05, 0.1) is 0 Å². The fraction of sp³-hybridized carbons (Fsp3) is 0.464. The van der Waals surface area contributed by atoms with E-state index in [4.69, 9.17) is 9.84 Å². The van der Waals surface area contributed by atoms with Crippen LogP contribution in [0.1, 0.15) is 55.6 Å². The zero-order valence-corrected chi connectivity index (χ0v) is 19.7. The van der Waals surface area contributed by atoms with Crippen LogP contribution in [0.5, 0.6) is 0 Å². The molecule has 3 aliphatic carbocycles. The SMILES string of the molecule is O=C(O)CC1CC(NC(=O)[C@H]2CCC[C@H]2CNC(=O)OCC2c3ccccc3-c3ccccc32)C1. The summed E-state index contributed by atoms with van der Waals surface area (Å²) in [6.45, 7) is 0.689. The highest BCUT2D eigenvalue weighted by Gasteiger charge is 2.37. The second-order valence-corrected chi connectivity index (χ2v) is 10.1. The Labute approximate surface area is 205 Å². The predicted molar refractivity (Wildman–Crippen MR) is 131 cm³/mol. The summed E-state index contributed by atoms with van der Waals surface area (Å²) in [6.07, 6.45) is 3.85. The number of benzene rings is 2. The summed E-state index contributed by atoms with van der Waals surface area (Å²) in [5.74, 6) is -0.610. The molecule has 5 rings (SSSR count). The van der Waals surface area contributed by atoms with Gasteiger partial charge < -0.3 is 20.5 Å². The van der Waals surface area contributed by atoms with E-state index in [-0.39, 0.29) is 48.6 Å². The fourth-order valence-electron chi connectivity index (χ4n) is 6.07. The molecular weight excluding hydrogens is 444 g/mol. The Morgan fingerprint density at radius 2 is 1.60 bits per heavy atom. The number of carboxylic acid groups (broad SMARTS) is 1. The number of carboxylic acids is 1. The maximum absolute atomic E-state index is 12.8. The van der Waals surface area contributed by atoms with Gasteiger partial charge in [-0.1, -0.05) is 55.0 Å². The molecule has 2 saturated carbocycles. The molecule has 2 aromatic carbocycles. The average molecular weight is 477 g/mol. The molecule has 0 aliphatic heterocycles. The van der Waals surface area contributed by atoms with Crippen molar-refractivity contribution in [1.82, 2.24) is 10.6 Å². The summed E-state index contributed by atoms with van der Waals surface area (Å²) in [5.41, 5.74) is 4.74. The molecule has 0 aromatic heterocycles. The van der Waals surface area contributed by atoms with Crippen molar-refractivity contribution in [2.45, 2.75) is 50.5 Å². The van der Waals surface area contributed by atoms with Gasteiger partial charge in [0, 0.05) is 30.8 Å². The molecule has 2 aromatic rings. The zero-order chi connectivity index (χ0) is 24.4. The minimum Gasteiger partial charge on any atom is -0.481 e. The van der Waals surface area contributed by atoms with Crippen molar-refractivity contribution >= 4 is 18.0 Å². The summed E-state index contributed by atoms with van der Waals surface area (Å²) in [5, 5.41) is 14.9. The van der Waals surface area contributed by atoms with Gasteiger partial charge in [-0.05, 0) is 59.8 Å². The standard InChI is InChI=1S/C28H32N2O5/c31-26(32)14-17-12-19(13-17)30-27(33)20-11-5-6-18(20)15-29-28(34)35-16-25-23-9-3-1-7-21(23)22-8-2-4-10-24(22)25/h1-4,7-10,17-20,25H,5-6,11-16H2,(H,29,34)(H,30,33)(H,31,32)/t17?,18-,19?,20-/m0/s1. The lowest BCUT2D eigenvalue weighted by atomic mass is 9.78. The molecule has 3 aliphatic rings. The molecule has 7 heteroatoms. The number of amides is 2. The molecule has 0 unspecified atom stereocenters. The Morgan fingerprint density at radius 1 is 0.943 bits per heavy atom. The third-order valence-electron chi connectivity index (χ3n) is 7.89. The molecule has 2 amide bonds. The first-order valence-corrected chi connectivity index (χ1v) is 12.6. The minimum atomic E-state index is -0.782. The van der Waals surface area contributed by atoms with Gasteiger partial charge in [0.2, 0.25) is 5.91 Å². The van der Waals surface area contributed by atoms with E-state index < -0.39 is 12.1 Å². The van der Waals surface area contributed by atoms with Crippen LogP contribution in [0, 0.1) is 17.8 Å². The number of carbonyl (C=O) groups is 3. The van der Waals surface area contributed by atoms with E-state index in [1.165, 1.54) is 22.3 Å². The molecular formula is C28H32N2O5. The lowest BCUT2D eigenvalue weighted by molar-refractivity contribution is -0.139. The van der Waals surface area contributed by atoms with Crippen LogP contribution in [0.25, 0.3) is 11.1 Å². The third-order valence-corrected chi connectivity index (χ3v) is 7.89. The van der Waals surface area contributed by atoms with Crippen molar-refractivity contribution in [3.8, 4) is 11.1 Å². The van der Waals surface area contributed by atoms with Gasteiger partial charge in [-0.25, -0.2) is 4.79 Å². The second-order valence-electron chi connectivity index (χ2n) is 10.1. The Morgan fingerprint density at radius 3 is 2.26 bits per heavy atom. The van der Waals surface area contributed by atoms with Crippen molar-refractivity contribution in [2.24, 2.45) is 17.8 Å². The predicted octanol–water partition coefficient (Wildman–Crippen LogP) is 4.31. The topological polar surface area (TPSA) is 105 Å². The molecule has 3 N–H and O–H groups in total. The van der Waals surface area contributed by atoms with Gasteiger partial charge in [0.1, 0.15) is 6.61 Å². The maximum atomic E-state index is 12.8. The first-order valence-electron chi connectivity index (χ1n) is 12.6.